The third-order valence-corrected chi connectivity index (χ3v) is 3.03. The molecule has 8 nitrogen and oxygen atoms in total. The first-order chi connectivity index (χ1) is 9.41. The lowest BCUT2D eigenvalue weighted by molar-refractivity contribution is -0.141. The van der Waals surface area contributed by atoms with Crippen LogP contribution in [0.5, 0.6) is 0 Å². The van der Waals surface area contributed by atoms with E-state index in [9.17, 15) is 14.7 Å². The van der Waals surface area contributed by atoms with Crippen LogP contribution < -0.4 is 5.32 Å². The number of aliphatic carboxylic acids is 1. The number of rotatable bonds is 7. The summed E-state index contributed by atoms with van der Waals surface area (Å²) >= 11 is 0. The molecule has 20 heavy (non-hydrogen) atoms. The van der Waals surface area contributed by atoms with E-state index < -0.39 is 24.1 Å². The molecule has 0 radical (unpaired) electrons. The van der Waals surface area contributed by atoms with Crippen molar-refractivity contribution in [3.8, 4) is 0 Å². The summed E-state index contributed by atoms with van der Waals surface area (Å²) in [6, 6.07) is -1.44. The average molecular weight is 289 g/mol. The molecule has 1 heterocycles. The number of hydrogen-bond acceptors (Lipinski definition) is 5. The minimum Gasteiger partial charge on any atom is -0.480 e. The van der Waals surface area contributed by atoms with Crippen LogP contribution in [-0.4, -0.2) is 91.1 Å². The van der Waals surface area contributed by atoms with Gasteiger partial charge in [-0.1, -0.05) is 0 Å². The van der Waals surface area contributed by atoms with Crippen molar-refractivity contribution in [2.75, 3.05) is 46.9 Å². The van der Waals surface area contributed by atoms with E-state index in [4.69, 9.17) is 9.84 Å². The summed E-state index contributed by atoms with van der Waals surface area (Å²) in [4.78, 5) is 25.9. The Balaban J connectivity index is 2.23. The van der Waals surface area contributed by atoms with Gasteiger partial charge in [0.1, 0.15) is 6.04 Å². The van der Waals surface area contributed by atoms with Crippen LogP contribution in [0, 0.1) is 0 Å². The number of likely N-dealkylation sites (N-methyl/N-ethyl adjacent to an activating group) is 1. The lowest BCUT2D eigenvalue weighted by Crippen LogP contribution is -2.47. The molecule has 1 aliphatic heterocycles. The van der Waals surface area contributed by atoms with Crippen LogP contribution in [0.3, 0.4) is 0 Å². The molecule has 1 saturated heterocycles. The molecule has 0 spiro atoms. The Morgan fingerprint density at radius 1 is 1.40 bits per heavy atom. The largest absolute Gasteiger partial charge is 0.480 e. The molecule has 1 aliphatic rings. The molecular formula is C12H23N3O5. The van der Waals surface area contributed by atoms with Gasteiger partial charge in [-0.3, -0.25) is 0 Å². The van der Waals surface area contributed by atoms with Gasteiger partial charge < -0.3 is 30.1 Å². The molecule has 8 heteroatoms. The van der Waals surface area contributed by atoms with Gasteiger partial charge in [0.2, 0.25) is 0 Å². The van der Waals surface area contributed by atoms with Gasteiger partial charge in [-0.05, 0) is 14.1 Å². The van der Waals surface area contributed by atoms with Crippen LogP contribution in [0.2, 0.25) is 0 Å². The van der Waals surface area contributed by atoms with E-state index in [1.807, 2.05) is 19.0 Å². The lowest BCUT2D eigenvalue weighted by atomic mass is 10.2. The summed E-state index contributed by atoms with van der Waals surface area (Å²) in [5, 5.41) is 21.0. The first-order valence-corrected chi connectivity index (χ1v) is 6.59. The van der Waals surface area contributed by atoms with Gasteiger partial charge >= 0.3 is 12.0 Å². The van der Waals surface area contributed by atoms with Crippen LogP contribution in [0.1, 0.15) is 6.42 Å². The number of ether oxygens (including phenoxy) is 1. The monoisotopic (exact) mass is 289 g/mol. The number of hydrogen-bond donors (Lipinski definition) is 3. The van der Waals surface area contributed by atoms with E-state index in [1.165, 1.54) is 0 Å². The van der Waals surface area contributed by atoms with Crippen molar-refractivity contribution >= 4 is 12.0 Å². The van der Waals surface area contributed by atoms with Crippen molar-refractivity contribution in [3.05, 3.63) is 0 Å². The number of urea groups is 1. The molecule has 1 fully saturated rings. The van der Waals surface area contributed by atoms with Crippen LogP contribution in [0.15, 0.2) is 0 Å². The predicted molar refractivity (Wildman–Crippen MR) is 71.5 cm³/mol. The van der Waals surface area contributed by atoms with Crippen LogP contribution >= 0.6 is 0 Å². The van der Waals surface area contributed by atoms with Gasteiger partial charge in [-0.25, -0.2) is 9.59 Å². The molecule has 0 aromatic carbocycles. The van der Waals surface area contributed by atoms with Crippen molar-refractivity contribution in [1.82, 2.24) is 15.1 Å². The first-order valence-electron chi connectivity index (χ1n) is 6.59. The Morgan fingerprint density at radius 2 is 2.10 bits per heavy atom. The zero-order valence-corrected chi connectivity index (χ0v) is 11.9. The fourth-order valence-electron chi connectivity index (χ4n) is 1.95. The molecule has 2 amide bonds. The molecular weight excluding hydrogens is 266 g/mol. The highest BCUT2D eigenvalue weighted by Gasteiger charge is 2.38. The van der Waals surface area contributed by atoms with E-state index in [0.717, 1.165) is 11.4 Å². The maximum absolute atomic E-state index is 11.8. The van der Waals surface area contributed by atoms with Crippen molar-refractivity contribution in [2.45, 2.75) is 18.6 Å². The third-order valence-electron chi connectivity index (χ3n) is 3.03. The summed E-state index contributed by atoms with van der Waals surface area (Å²) in [5.74, 6) is -1.10. The van der Waals surface area contributed by atoms with Crippen LogP contribution in [0.25, 0.3) is 0 Å². The van der Waals surface area contributed by atoms with E-state index in [1.54, 1.807) is 0 Å². The predicted octanol–water partition coefficient (Wildman–Crippen LogP) is -1.21. The second-order valence-corrected chi connectivity index (χ2v) is 5.04. The van der Waals surface area contributed by atoms with Crippen molar-refractivity contribution in [1.29, 1.82) is 0 Å². The molecule has 0 aromatic rings. The average Bonchev–Trinajstić information content (AvgIpc) is 2.75. The Hall–Kier alpha value is -1.38. The second kappa shape index (κ2) is 8.03. The van der Waals surface area contributed by atoms with Gasteiger partial charge in [0, 0.05) is 26.1 Å². The highest BCUT2D eigenvalue weighted by atomic mass is 16.5. The van der Waals surface area contributed by atoms with Gasteiger partial charge in [0.05, 0.1) is 19.3 Å². The van der Waals surface area contributed by atoms with E-state index in [2.05, 4.69) is 5.32 Å². The standard InChI is InChI=1S/C12H23N3O5/c1-14(2)4-6-20-5-3-13-12(19)15-8-9(16)7-10(15)11(17)18/h9-10,16H,3-8H2,1-2H3,(H,13,19)(H,17,18)/t9-,10-/m0/s1. The fourth-order valence-corrected chi connectivity index (χ4v) is 1.95. The molecule has 0 saturated carbocycles. The number of aliphatic hydroxyl groups excluding tert-OH is 1. The lowest BCUT2D eigenvalue weighted by Gasteiger charge is -2.21. The van der Waals surface area contributed by atoms with Gasteiger partial charge in [0.15, 0.2) is 0 Å². The molecule has 116 valence electrons. The molecule has 0 bridgehead atoms. The third kappa shape index (κ3) is 5.32. The minimum atomic E-state index is -1.10. The molecule has 1 rings (SSSR count). The summed E-state index contributed by atoms with van der Waals surface area (Å²) in [6.45, 7) is 2.10. The SMILES string of the molecule is CN(C)CCOCCNC(=O)N1C[C@@H](O)C[C@H]1C(=O)O. The number of β-amino-alcohol motifs (C(OH)–C–C–N with tert-alkyl or cyclic N) is 1. The maximum atomic E-state index is 11.8. The number of aliphatic hydroxyl groups is 1. The minimum absolute atomic E-state index is 0.0459. The number of nitrogens with one attached hydrogen (secondary N) is 1. The zero-order chi connectivity index (χ0) is 15.1. The number of carboxylic acid groups (broad SMARTS) is 1. The summed E-state index contributed by atoms with van der Waals surface area (Å²) in [5.41, 5.74) is 0. The van der Waals surface area contributed by atoms with E-state index in [0.29, 0.717) is 19.8 Å². The Bertz CT molecular complexity index is 337. The van der Waals surface area contributed by atoms with Crippen molar-refractivity contribution < 1.29 is 24.5 Å². The first kappa shape index (κ1) is 16.7. The van der Waals surface area contributed by atoms with E-state index >= 15 is 0 Å². The van der Waals surface area contributed by atoms with Gasteiger partial charge in [-0.15, -0.1) is 0 Å². The summed E-state index contributed by atoms with van der Waals surface area (Å²) < 4.78 is 5.31. The maximum Gasteiger partial charge on any atom is 0.326 e. The Labute approximate surface area is 118 Å². The summed E-state index contributed by atoms with van der Waals surface area (Å²) in [6.07, 6.45) is -0.708. The highest BCUT2D eigenvalue weighted by molar-refractivity contribution is 5.83. The Kier molecular flexibility index (Phi) is 6.69. The molecule has 3 N–H and O–H groups in total. The van der Waals surface area contributed by atoms with Gasteiger partial charge in [0.25, 0.3) is 0 Å². The van der Waals surface area contributed by atoms with Crippen LogP contribution in [0.4, 0.5) is 4.79 Å². The van der Waals surface area contributed by atoms with Crippen molar-refractivity contribution in [3.63, 3.8) is 0 Å². The van der Waals surface area contributed by atoms with Gasteiger partial charge in [-0.2, -0.15) is 0 Å². The number of likely N-dealkylation sites (tertiary alicyclic amines) is 1. The number of amides is 2. The molecule has 0 aromatic heterocycles. The number of carbonyl (C=O) groups excluding carboxylic acids is 1. The summed E-state index contributed by atoms with van der Waals surface area (Å²) in [7, 11) is 3.88. The zero-order valence-electron chi connectivity index (χ0n) is 11.9. The number of nitrogens with zero attached hydrogens (tertiary/aromatic N) is 2. The topological polar surface area (TPSA) is 102 Å². The fraction of sp³-hybridized carbons (Fsp3) is 0.833. The Morgan fingerprint density at radius 3 is 2.70 bits per heavy atom. The normalized spacial score (nSPS) is 22.3. The van der Waals surface area contributed by atoms with Crippen molar-refractivity contribution in [2.24, 2.45) is 0 Å². The molecule has 2 atom stereocenters. The molecule has 0 unspecified atom stereocenters. The smallest absolute Gasteiger partial charge is 0.326 e. The highest BCUT2D eigenvalue weighted by Crippen LogP contribution is 2.17. The number of carboxylic acids is 1. The van der Waals surface area contributed by atoms with Crippen LogP contribution in [-0.2, 0) is 9.53 Å². The quantitative estimate of drug-likeness (QED) is 0.509. The number of carbonyl (C=O) groups is 2. The molecule has 0 aliphatic carbocycles. The second-order valence-electron chi connectivity index (χ2n) is 5.04. The van der Waals surface area contributed by atoms with E-state index in [-0.39, 0.29) is 13.0 Å².